The Morgan fingerprint density at radius 3 is 2.52 bits per heavy atom. The summed E-state index contributed by atoms with van der Waals surface area (Å²) in [5, 5.41) is 3.20. The first-order valence-electron chi connectivity index (χ1n) is 10.4. The normalized spacial score (nSPS) is 16.8. The second-order valence-electron chi connectivity index (χ2n) is 7.59. The van der Waals surface area contributed by atoms with Crippen LogP contribution >= 0.6 is 0 Å². The van der Waals surface area contributed by atoms with Gasteiger partial charge in [0, 0.05) is 24.6 Å². The number of aromatic nitrogens is 1. The van der Waals surface area contributed by atoms with Crippen molar-refractivity contribution >= 4 is 11.7 Å². The molecule has 0 saturated carbocycles. The lowest BCUT2D eigenvalue weighted by Gasteiger charge is -2.31. The minimum absolute atomic E-state index is 0.0192. The average molecular weight is 386 g/mol. The van der Waals surface area contributed by atoms with E-state index in [1.165, 1.54) is 5.56 Å². The molecule has 148 valence electrons. The van der Waals surface area contributed by atoms with Crippen LogP contribution in [0.3, 0.4) is 0 Å². The maximum Gasteiger partial charge on any atom is 0.322 e. The summed E-state index contributed by atoms with van der Waals surface area (Å²) in [5.41, 5.74) is 4.41. The number of hydrogen-bond acceptors (Lipinski definition) is 2. The smallest absolute Gasteiger partial charge is 0.317 e. The minimum atomic E-state index is -0.0192. The molecule has 4 rings (SSSR count). The van der Waals surface area contributed by atoms with Gasteiger partial charge in [-0.15, -0.1) is 0 Å². The van der Waals surface area contributed by atoms with E-state index in [0.717, 1.165) is 55.5 Å². The van der Waals surface area contributed by atoms with Gasteiger partial charge in [0.1, 0.15) is 0 Å². The number of carbonyl (C=O) groups excluding carboxylic acids is 1. The van der Waals surface area contributed by atoms with E-state index in [1.807, 2.05) is 65.8 Å². The molecule has 1 fully saturated rings. The molecular formula is C25H27N3O. The van der Waals surface area contributed by atoms with E-state index in [9.17, 15) is 4.79 Å². The third kappa shape index (κ3) is 4.83. The molecule has 3 aromatic rings. The lowest BCUT2D eigenvalue weighted by Crippen LogP contribution is -2.38. The van der Waals surface area contributed by atoms with Gasteiger partial charge in [-0.2, -0.15) is 0 Å². The third-order valence-corrected chi connectivity index (χ3v) is 5.60. The van der Waals surface area contributed by atoms with Crippen LogP contribution in [-0.2, 0) is 6.42 Å². The zero-order chi connectivity index (χ0) is 19.9. The molecule has 0 radical (unpaired) electrons. The molecule has 4 nitrogen and oxygen atoms in total. The Bertz CT molecular complexity index is 927. The van der Waals surface area contributed by atoms with Crippen LogP contribution in [0.15, 0.2) is 79.1 Å². The van der Waals surface area contributed by atoms with E-state index in [1.54, 1.807) is 0 Å². The van der Waals surface area contributed by atoms with Crippen molar-refractivity contribution in [3.8, 4) is 0 Å². The lowest BCUT2D eigenvalue weighted by atomic mass is 10.0. The van der Waals surface area contributed by atoms with Gasteiger partial charge in [-0.05, 0) is 54.2 Å². The first-order chi connectivity index (χ1) is 14.3. The predicted octanol–water partition coefficient (Wildman–Crippen LogP) is 5.82. The van der Waals surface area contributed by atoms with Crippen molar-refractivity contribution in [1.29, 1.82) is 0 Å². The lowest BCUT2D eigenvalue weighted by molar-refractivity contribution is 0.189. The number of likely N-dealkylation sites (tertiary alicyclic amines) is 1. The molecule has 1 aliphatic rings. The van der Waals surface area contributed by atoms with Gasteiger partial charge in [-0.25, -0.2) is 4.79 Å². The molecule has 1 saturated heterocycles. The van der Waals surface area contributed by atoms with E-state index < -0.39 is 0 Å². The molecule has 0 bridgehead atoms. The van der Waals surface area contributed by atoms with Gasteiger partial charge in [0.2, 0.25) is 0 Å². The number of benzene rings is 2. The molecule has 1 atom stereocenters. The van der Waals surface area contributed by atoms with Gasteiger partial charge in [0.05, 0.1) is 6.04 Å². The van der Waals surface area contributed by atoms with Crippen molar-refractivity contribution in [2.24, 2.45) is 0 Å². The Morgan fingerprint density at radius 1 is 0.931 bits per heavy atom. The van der Waals surface area contributed by atoms with Gasteiger partial charge < -0.3 is 10.2 Å². The average Bonchev–Trinajstić information content (AvgIpc) is 3.03. The first kappa shape index (κ1) is 19.2. The van der Waals surface area contributed by atoms with Crippen molar-refractivity contribution in [2.45, 2.75) is 38.1 Å². The third-order valence-electron chi connectivity index (χ3n) is 5.60. The van der Waals surface area contributed by atoms with Gasteiger partial charge in [-0.1, -0.05) is 61.4 Å². The number of nitrogens with zero attached hydrogens (tertiary/aromatic N) is 2. The number of carbonyl (C=O) groups is 1. The Morgan fingerprint density at radius 2 is 1.69 bits per heavy atom. The summed E-state index contributed by atoms with van der Waals surface area (Å²) < 4.78 is 0. The van der Waals surface area contributed by atoms with Crippen molar-refractivity contribution in [3.63, 3.8) is 0 Å². The monoisotopic (exact) mass is 385 g/mol. The second kappa shape index (κ2) is 9.37. The number of amides is 2. The summed E-state index contributed by atoms with van der Waals surface area (Å²) in [6.07, 6.45) is 8.75. The highest BCUT2D eigenvalue weighted by atomic mass is 16.2. The Labute approximate surface area is 172 Å². The molecule has 1 aromatic heterocycles. The molecule has 0 aliphatic carbocycles. The molecule has 0 spiro atoms. The SMILES string of the molecule is O=C(Nc1ccccc1Cc1ccccc1)N1CCCCCC1c1ccncc1. The molecule has 2 aromatic carbocycles. The predicted molar refractivity (Wildman–Crippen MR) is 117 cm³/mol. The van der Waals surface area contributed by atoms with Gasteiger partial charge >= 0.3 is 6.03 Å². The standard InChI is InChI=1S/C25H27N3O/c29-25(28-18-8-2-5-13-24(28)21-14-16-26-17-15-21)27-23-12-7-6-11-22(23)19-20-9-3-1-4-10-20/h1,3-4,6-7,9-12,14-17,24H,2,5,8,13,18-19H2,(H,27,29). The van der Waals surface area contributed by atoms with Gasteiger partial charge in [0.15, 0.2) is 0 Å². The topological polar surface area (TPSA) is 45.2 Å². The van der Waals surface area contributed by atoms with Crippen molar-refractivity contribution in [1.82, 2.24) is 9.88 Å². The first-order valence-corrected chi connectivity index (χ1v) is 10.4. The zero-order valence-corrected chi connectivity index (χ0v) is 16.6. The summed E-state index contributed by atoms with van der Waals surface area (Å²) in [4.78, 5) is 19.4. The summed E-state index contributed by atoms with van der Waals surface area (Å²) >= 11 is 0. The van der Waals surface area contributed by atoms with Crippen LogP contribution in [0.2, 0.25) is 0 Å². The van der Waals surface area contributed by atoms with Crippen molar-refractivity contribution in [3.05, 3.63) is 95.8 Å². The van der Waals surface area contributed by atoms with Gasteiger partial charge in [-0.3, -0.25) is 4.98 Å². The van der Waals surface area contributed by atoms with Crippen LogP contribution in [0.1, 0.15) is 48.4 Å². The number of pyridine rings is 1. The molecule has 1 N–H and O–H groups in total. The number of rotatable bonds is 4. The van der Waals surface area contributed by atoms with Crippen LogP contribution in [0.25, 0.3) is 0 Å². The van der Waals surface area contributed by atoms with Crippen LogP contribution in [0.4, 0.5) is 10.5 Å². The number of para-hydroxylation sites is 1. The molecule has 1 unspecified atom stereocenters. The summed E-state index contributed by atoms with van der Waals surface area (Å²) in [6, 6.07) is 22.6. The zero-order valence-electron chi connectivity index (χ0n) is 16.6. The van der Waals surface area contributed by atoms with Crippen molar-refractivity contribution < 1.29 is 4.79 Å². The fourth-order valence-corrected chi connectivity index (χ4v) is 4.08. The highest BCUT2D eigenvalue weighted by molar-refractivity contribution is 5.90. The fourth-order valence-electron chi connectivity index (χ4n) is 4.08. The molecule has 2 amide bonds. The number of nitrogens with one attached hydrogen (secondary N) is 1. The highest BCUT2D eigenvalue weighted by Gasteiger charge is 2.27. The van der Waals surface area contributed by atoms with E-state index in [0.29, 0.717) is 0 Å². The molecule has 4 heteroatoms. The van der Waals surface area contributed by atoms with Crippen molar-refractivity contribution in [2.75, 3.05) is 11.9 Å². The number of hydrogen-bond donors (Lipinski definition) is 1. The molecule has 2 heterocycles. The number of urea groups is 1. The Kier molecular flexibility index (Phi) is 6.20. The fraction of sp³-hybridized carbons (Fsp3) is 0.280. The molecule has 29 heavy (non-hydrogen) atoms. The maximum absolute atomic E-state index is 13.3. The maximum atomic E-state index is 13.3. The summed E-state index contributed by atoms with van der Waals surface area (Å²) in [5.74, 6) is 0. The quantitative estimate of drug-likeness (QED) is 0.615. The second-order valence-corrected chi connectivity index (χ2v) is 7.59. The van der Waals surface area contributed by atoms with Gasteiger partial charge in [0.25, 0.3) is 0 Å². The molecular weight excluding hydrogens is 358 g/mol. The summed E-state index contributed by atoms with van der Waals surface area (Å²) in [7, 11) is 0. The van der Waals surface area contributed by atoms with Crippen LogP contribution in [-0.4, -0.2) is 22.5 Å². The van der Waals surface area contributed by atoms with Crippen LogP contribution in [0, 0.1) is 0 Å². The van der Waals surface area contributed by atoms with Crippen LogP contribution < -0.4 is 5.32 Å². The van der Waals surface area contributed by atoms with E-state index in [2.05, 4.69) is 28.5 Å². The highest BCUT2D eigenvalue weighted by Crippen LogP contribution is 2.31. The molecule has 1 aliphatic heterocycles. The minimum Gasteiger partial charge on any atom is -0.317 e. The van der Waals surface area contributed by atoms with E-state index in [-0.39, 0.29) is 12.1 Å². The summed E-state index contributed by atoms with van der Waals surface area (Å²) in [6.45, 7) is 0.777. The van der Waals surface area contributed by atoms with E-state index >= 15 is 0 Å². The Hall–Kier alpha value is -3.14. The Balaban J connectivity index is 1.55. The van der Waals surface area contributed by atoms with Crippen LogP contribution in [0.5, 0.6) is 0 Å². The largest absolute Gasteiger partial charge is 0.322 e. The number of anilines is 1. The van der Waals surface area contributed by atoms with E-state index in [4.69, 9.17) is 0 Å².